The van der Waals surface area contributed by atoms with Gasteiger partial charge in [-0.3, -0.25) is 9.59 Å². The number of likely N-dealkylation sites (tertiary alicyclic amines) is 1. The van der Waals surface area contributed by atoms with Crippen molar-refractivity contribution >= 4 is 27.7 Å². The van der Waals surface area contributed by atoms with Crippen molar-refractivity contribution in [3.63, 3.8) is 0 Å². The molecule has 1 saturated heterocycles. The van der Waals surface area contributed by atoms with Gasteiger partial charge in [0, 0.05) is 25.2 Å². The summed E-state index contributed by atoms with van der Waals surface area (Å²) in [7, 11) is 0. The number of rotatable bonds is 3. The highest BCUT2D eigenvalue weighted by atomic mass is 79.9. The van der Waals surface area contributed by atoms with Gasteiger partial charge in [-0.15, -0.1) is 0 Å². The SMILES string of the molecule is Cc1cc(C(=O)N2CCC(NC(=O)c3ccc(Br)o3)CC2)no1. The van der Waals surface area contributed by atoms with Gasteiger partial charge in [0.2, 0.25) is 0 Å². The first-order chi connectivity index (χ1) is 11.0. The number of amides is 2. The minimum atomic E-state index is -0.243. The molecule has 1 fully saturated rings. The first-order valence-electron chi connectivity index (χ1n) is 7.32. The molecule has 2 aromatic rings. The van der Waals surface area contributed by atoms with Gasteiger partial charge >= 0.3 is 0 Å². The predicted molar refractivity (Wildman–Crippen MR) is 84.0 cm³/mol. The van der Waals surface area contributed by atoms with Crippen LogP contribution in [-0.4, -0.2) is 41.0 Å². The lowest BCUT2D eigenvalue weighted by Gasteiger charge is -2.31. The lowest BCUT2D eigenvalue weighted by Crippen LogP contribution is -2.46. The fourth-order valence-electron chi connectivity index (χ4n) is 2.55. The minimum absolute atomic E-state index is 0.0227. The van der Waals surface area contributed by atoms with Crippen molar-refractivity contribution in [1.29, 1.82) is 0 Å². The van der Waals surface area contributed by atoms with Crippen molar-refractivity contribution in [2.45, 2.75) is 25.8 Å². The van der Waals surface area contributed by atoms with Crippen molar-refractivity contribution in [3.05, 3.63) is 40.1 Å². The molecule has 1 aliphatic rings. The Bertz CT molecular complexity index is 716. The molecule has 23 heavy (non-hydrogen) atoms. The molecule has 0 spiro atoms. The molecule has 1 N–H and O–H groups in total. The van der Waals surface area contributed by atoms with Gasteiger partial charge in [0.05, 0.1) is 0 Å². The fraction of sp³-hybridized carbons (Fsp3) is 0.400. The Balaban J connectivity index is 1.52. The van der Waals surface area contributed by atoms with Crippen LogP contribution in [0, 0.1) is 6.92 Å². The van der Waals surface area contributed by atoms with Crippen LogP contribution in [0.15, 0.2) is 31.8 Å². The van der Waals surface area contributed by atoms with Crippen LogP contribution in [0.4, 0.5) is 0 Å². The number of aryl methyl sites for hydroxylation is 1. The van der Waals surface area contributed by atoms with Gasteiger partial charge in [-0.25, -0.2) is 0 Å². The molecule has 0 bridgehead atoms. The molecule has 0 saturated carbocycles. The van der Waals surface area contributed by atoms with E-state index in [9.17, 15) is 9.59 Å². The number of nitrogens with one attached hydrogen (secondary N) is 1. The standard InChI is InChI=1S/C15H16BrN3O4/c1-9-8-11(18-23-9)15(21)19-6-4-10(5-7-19)17-14(20)12-2-3-13(16)22-12/h2-3,8,10H,4-7H2,1H3,(H,17,20). The highest BCUT2D eigenvalue weighted by Crippen LogP contribution is 2.17. The first-order valence-corrected chi connectivity index (χ1v) is 8.11. The van der Waals surface area contributed by atoms with Crippen molar-refractivity contribution in [3.8, 4) is 0 Å². The summed E-state index contributed by atoms with van der Waals surface area (Å²) in [5.41, 5.74) is 0.324. The van der Waals surface area contributed by atoms with E-state index in [0.29, 0.717) is 42.1 Å². The molecule has 0 aromatic carbocycles. The van der Waals surface area contributed by atoms with Crippen LogP contribution in [0.3, 0.4) is 0 Å². The summed E-state index contributed by atoms with van der Waals surface area (Å²) in [5.74, 6) is 0.503. The maximum atomic E-state index is 12.3. The Kier molecular flexibility index (Phi) is 4.51. The van der Waals surface area contributed by atoms with Crippen LogP contribution in [0.25, 0.3) is 0 Å². The van der Waals surface area contributed by atoms with Crippen LogP contribution >= 0.6 is 15.9 Å². The van der Waals surface area contributed by atoms with E-state index in [2.05, 4.69) is 26.4 Å². The van der Waals surface area contributed by atoms with E-state index < -0.39 is 0 Å². The first kappa shape index (κ1) is 15.8. The molecule has 0 unspecified atom stereocenters. The molecule has 0 atom stereocenters. The molecule has 2 aromatic heterocycles. The number of piperidine rings is 1. The fourth-order valence-corrected chi connectivity index (χ4v) is 2.86. The maximum Gasteiger partial charge on any atom is 0.287 e. The number of hydrogen-bond donors (Lipinski definition) is 1. The summed E-state index contributed by atoms with van der Waals surface area (Å²) < 4.78 is 10.7. The van der Waals surface area contributed by atoms with Gasteiger partial charge < -0.3 is 19.2 Å². The monoisotopic (exact) mass is 381 g/mol. The van der Waals surface area contributed by atoms with Gasteiger partial charge in [-0.05, 0) is 47.8 Å². The summed E-state index contributed by atoms with van der Waals surface area (Å²) in [4.78, 5) is 26.0. The largest absolute Gasteiger partial charge is 0.444 e. The molecular formula is C15H16BrN3O4. The van der Waals surface area contributed by atoms with E-state index in [-0.39, 0.29) is 23.6 Å². The third-order valence-corrected chi connectivity index (χ3v) is 4.19. The van der Waals surface area contributed by atoms with Crippen LogP contribution in [0.2, 0.25) is 0 Å². The molecular weight excluding hydrogens is 366 g/mol. The van der Waals surface area contributed by atoms with Crippen molar-refractivity contribution in [1.82, 2.24) is 15.4 Å². The number of carbonyl (C=O) groups excluding carboxylic acids is 2. The van der Waals surface area contributed by atoms with E-state index in [1.54, 1.807) is 30.0 Å². The zero-order valence-electron chi connectivity index (χ0n) is 12.5. The second-order valence-electron chi connectivity index (χ2n) is 5.47. The highest BCUT2D eigenvalue weighted by Gasteiger charge is 2.26. The van der Waals surface area contributed by atoms with E-state index in [1.807, 2.05) is 0 Å². The van der Waals surface area contributed by atoms with Crippen molar-refractivity contribution in [2.24, 2.45) is 0 Å². The summed E-state index contributed by atoms with van der Waals surface area (Å²) in [6.45, 7) is 2.88. The highest BCUT2D eigenvalue weighted by molar-refractivity contribution is 9.10. The molecule has 1 aliphatic heterocycles. The van der Waals surface area contributed by atoms with Crippen molar-refractivity contribution < 1.29 is 18.5 Å². The van der Waals surface area contributed by atoms with Gasteiger partial charge in [0.15, 0.2) is 16.1 Å². The Morgan fingerprint density at radius 3 is 2.65 bits per heavy atom. The average Bonchev–Trinajstić information content (AvgIpc) is 3.16. The van der Waals surface area contributed by atoms with Crippen molar-refractivity contribution in [2.75, 3.05) is 13.1 Å². The lowest BCUT2D eigenvalue weighted by molar-refractivity contribution is 0.0686. The van der Waals surface area contributed by atoms with Gasteiger partial charge in [0.1, 0.15) is 5.76 Å². The number of hydrogen-bond acceptors (Lipinski definition) is 5. The number of carbonyl (C=O) groups is 2. The summed E-state index contributed by atoms with van der Waals surface area (Å²) >= 11 is 3.17. The molecule has 3 rings (SSSR count). The Labute approximate surface area is 141 Å². The number of halogens is 1. The summed E-state index contributed by atoms with van der Waals surface area (Å²) in [5, 5.41) is 6.67. The van der Waals surface area contributed by atoms with Crippen LogP contribution < -0.4 is 5.32 Å². The van der Waals surface area contributed by atoms with Gasteiger partial charge in [-0.1, -0.05) is 5.16 Å². The maximum absolute atomic E-state index is 12.3. The molecule has 0 aliphatic carbocycles. The lowest BCUT2D eigenvalue weighted by atomic mass is 10.0. The second kappa shape index (κ2) is 6.57. The van der Waals surface area contributed by atoms with Gasteiger partial charge in [0.25, 0.3) is 11.8 Å². The minimum Gasteiger partial charge on any atom is -0.444 e. The van der Waals surface area contributed by atoms with E-state index in [1.165, 1.54) is 0 Å². The van der Waals surface area contributed by atoms with Crippen LogP contribution in [0.1, 0.15) is 39.6 Å². The molecule has 8 heteroatoms. The zero-order chi connectivity index (χ0) is 16.4. The number of aromatic nitrogens is 1. The quantitative estimate of drug-likeness (QED) is 0.881. The van der Waals surface area contributed by atoms with Gasteiger partial charge in [-0.2, -0.15) is 0 Å². The zero-order valence-corrected chi connectivity index (χ0v) is 14.1. The number of furan rings is 1. The smallest absolute Gasteiger partial charge is 0.287 e. The third kappa shape index (κ3) is 3.64. The molecule has 122 valence electrons. The average molecular weight is 382 g/mol. The molecule has 0 radical (unpaired) electrons. The topological polar surface area (TPSA) is 88.6 Å². The third-order valence-electron chi connectivity index (χ3n) is 3.76. The molecule has 2 amide bonds. The summed E-state index contributed by atoms with van der Waals surface area (Å²) in [6, 6.07) is 4.95. The Morgan fingerprint density at radius 2 is 2.09 bits per heavy atom. The number of nitrogens with zero attached hydrogens (tertiary/aromatic N) is 2. The van der Waals surface area contributed by atoms with E-state index in [0.717, 1.165) is 0 Å². The Hall–Kier alpha value is -2.09. The normalized spacial score (nSPS) is 15.7. The predicted octanol–water partition coefficient (Wildman–Crippen LogP) is 2.37. The van der Waals surface area contributed by atoms with Crippen LogP contribution in [0.5, 0.6) is 0 Å². The van der Waals surface area contributed by atoms with E-state index >= 15 is 0 Å². The summed E-state index contributed by atoms with van der Waals surface area (Å²) in [6.07, 6.45) is 1.38. The van der Waals surface area contributed by atoms with E-state index in [4.69, 9.17) is 8.94 Å². The Morgan fingerprint density at radius 1 is 1.35 bits per heavy atom. The van der Waals surface area contributed by atoms with Crippen LogP contribution in [-0.2, 0) is 0 Å². The molecule has 7 nitrogen and oxygen atoms in total. The second-order valence-corrected chi connectivity index (χ2v) is 6.25. The molecule has 3 heterocycles.